The van der Waals surface area contributed by atoms with Gasteiger partial charge in [-0.05, 0) is 48.6 Å². The minimum absolute atomic E-state index is 0.00529. The van der Waals surface area contributed by atoms with Crippen LogP contribution in [0.3, 0.4) is 0 Å². The zero-order valence-corrected chi connectivity index (χ0v) is 21.7. The van der Waals surface area contributed by atoms with Crippen LogP contribution in [0, 0.1) is 5.92 Å². The number of anilines is 1. The molecule has 9 nitrogen and oxygen atoms in total. The van der Waals surface area contributed by atoms with E-state index < -0.39 is 24.0 Å². The Balaban J connectivity index is 1.57. The highest BCUT2D eigenvalue weighted by molar-refractivity contribution is 5.94. The smallest absolute Gasteiger partial charge is 0.311 e. The summed E-state index contributed by atoms with van der Waals surface area (Å²) in [5, 5.41) is 13.3. The Kier molecular flexibility index (Phi) is 9.02. The molecule has 0 spiro atoms. The summed E-state index contributed by atoms with van der Waals surface area (Å²) in [7, 11) is 0. The third-order valence-electron chi connectivity index (χ3n) is 6.97. The molecule has 2 heterocycles. The van der Waals surface area contributed by atoms with Gasteiger partial charge in [0.05, 0.1) is 19.8 Å². The quantitative estimate of drug-likeness (QED) is 0.415. The summed E-state index contributed by atoms with van der Waals surface area (Å²) in [5.74, 6) is -1.22. The summed E-state index contributed by atoms with van der Waals surface area (Å²) in [6.07, 6.45) is 0.805. The molecule has 200 valence electrons. The Labute approximate surface area is 217 Å². The maximum absolute atomic E-state index is 13.3. The van der Waals surface area contributed by atoms with Crippen LogP contribution in [0.15, 0.2) is 36.4 Å². The lowest BCUT2D eigenvalue weighted by Gasteiger charge is -2.26. The molecule has 3 atom stereocenters. The van der Waals surface area contributed by atoms with Crippen molar-refractivity contribution in [1.29, 1.82) is 0 Å². The number of aliphatic carboxylic acids is 1. The van der Waals surface area contributed by atoms with Gasteiger partial charge in [-0.25, -0.2) is 0 Å². The highest BCUT2D eigenvalue weighted by Crippen LogP contribution is 2.42. The van der Waals surface area contributed by atoms with Crippen molar-refractivity contribution in [2.45, 2.75) is 45.8 Å². The van der Waals surface area contributed by atoms with Crippen LogP contribution in [0.1, 0.15) is 43.4 Å². The summed E-state index contributed by atoms with van der Waals surface area (Å²) in [5.41, 5.74) is 3.79. The molecule has 3 unspecified atom stereocenters. The molecule has 1 saturated heterocycles. The predicted molar refractivity (Wildman–Crippen MR) is 138 cm³/mol. The molecule has 0 aliphatic carbocycles. The number of carboxylic acid groups (broad SMARTS) is 1. The molecule has 0 saturated carbocycles. The molecule has 37 heavy (non-hydrogen) atoms. The Bertz CT molecular complexity index is 1080. The second kappa shape index (κ2) is 12.4. The van der Waals surface area contributed by atoms with E-state index in [2.05, 4.69) is 19.2 Å². The van der Waals surface area contributed by atoms with Gasteiger partial charge >= 0.3 is 5.97 Å². The fourth-order valence-electron chi connectivity index (χ4n) is 5.15. The number of likely N-dealkylation sites (tertiary alicyclic amines) is 1. The van der Waals surface area contributed by atoms with Crippen LogP contribution in [0.4, 0.5) is 5.69 Å². The highest BCUT2D eigenvalue weighted by Gasteiger charge is 2.48. The van der Waals surface area contributed by atoms with Gasteiger partial charge in [0.25, 0.3) is 0 Å². The zero-order chi connectivity index (χ0) is 26.4. The number of carbonyl (C=O) groups is 2. The van der Waals surface area contributed by atoms with Gasteiger partial charge in [-0.15, -0.1) is 0 Å². The van der Waals surface area contributed by atoms with E-state index in [4.69, 9.17) is 18.9 Å². The van der Waals surface area contributed by atoms with E-state index in [9.17, 15) is 14.7 Å². The number of fused-ring (bicyclic) bond motifs is 1. The van der Waals surface area contributed by atoms with Crippen molar-refractivity contribution in [2.24, 2.45) is 5.92 Å². The number of aryl methyl sites for hydroxylation is 2. The van der Waals surface area contributed by atoms with Crippen LogP contribution in [-0.4, -0.2) is 67.8 Å². The third kappa shape index (κ3) is 6.06. The lowest BCUT2D eigenvalue weighted by molar-refractivity contribution is -0.153. The number of nitrogens with zero attached hydrogens (tertiary/aromatic N) is 1. The predicted octanol–water partition coefficient (Wildman–Crippen LogP) is 3.66. The Morgan fingerprint density at radius 2 is 1.78 bits per heavy atom. The molecule has 9 heteroatoms. The van der Waals surface area contributed by atoms with Gasteiger partial charge in [0, 0.05) is 24.8 Å². The van der Waals surface area contributed by atoms with Gasteiger partial charge in [0.15, 0.2) is 11.5 Å². The lowest BCUT2D eigenvalue weighted by atomic mass is 9.88. The van der Waals surface area contributed by atoms with Crippen molar-refractivity contribution in [3.05, 3.63) is 53.1 Å². The van der Waals surface area contributed by atoms with Gasteiger partial charge in [-0.2, -0.15) is 0 Å². The number of nitrogens with one attached hydrogen (secondary N) is 1. The van der Waals surface area contributed by atoms with E-state index in [0.717, 1.165) is 35.2 Å². The number of hydrogen-bond donors (Lipinski definition) is 2. The van der Waals surface area contributed by atoms with Crippen LogP contribution < -0.4 is 14.8 Å². The first-order chi connectivity index (χ1) is 18.0. The van der Waals surface area contributed by atoms with E-state index in [1.807, 2.05) is 42.2 Å². The van der Waals surface area contributed by atoms with E-state index in [1.54, 1.807) is 6.07 Å². The molecule has 1 fully saturated rings. The minimum Gasteiger partial charge on any atom is -0.481 e. The fraction of sp³-hybridized carbons (Fsp3) is 0.500. The Hall–Kier alpha value is -3.14. The zero-order valence-electron chi connectivity index (χ0n) is 21.7. The van der Waals surface area contributed by atoms with Gasteiger partial charge in [-0.3, -0.25) is 14.5 Å². The van der Waals surface area contributed by atoms with E-state index in [1.165, 1.54) is 0 Å². The molecule has 2 aromatic rings. The third-order valence-corrected chi connectivity index (χ3v) is 6.97. The normalized spacial score (nSPS) is 20.8. The topological polar surface area (TPSA) is 107 Å². The summed E-state index contributed by atoms with van der Waals surface area (Å²) in [6, 6.07) is 11.5. The van der Waals surface area contributed by atoms with Crippen LogP contribution in [0.5, 0.6) is 11.5 Å². The first kappa shape index (κ1) is 26.9. The number of rotatable bonds is 12. The number of benzene rings is 2. The fourth-order valence-corrected chi connectivity index (χ4v) is 5.15. The summed E-state index contributed by atoms with van der Waals surface area (Å²) in [4.78, 5) is 27.6. The van der Waals surface area contributed by atoms with Gasteiger partial charge in [-0.1, -0.05) is 38.1 Å². The van der Waals surface area contributed by atoms with Crippen molar-refractivity contribution in [2.75, 3.05) is 45.0 Å². The number of amides is 1. The van der Waals surface area contributed by atoms with Crippen LogP contribution in [0.25, 0.3) is 0 Å². The van der Waals surface area contributed by atoms with E-state index in [-0.39, 0.29) is 25.9 Å². The summed E-state index contributed by atoms with van der Waals surface area (Å²) >= 11 is 0. The molecular formula is C28H36N2O7. The number of hydrogen-bond acceptors (Lipinski definition) is 7. The average Bonchev–Trinajstić information content (AvgIpc) is 3.50. The summed E-state index contributed by atoms with van der Waals surface area (Å²) in [6.45, 7) is 7.61. The number of carbonyl (C=O) groups excluding carboxylic acids is 1. The molecule has 0 radical (unpaired) electrons. The Morgan fingerprint density at radius 3 is 2.46 bits per heavy atom. The molecule has 0 bridgehead atoms. The van der Waals surface area contributed by atoms with Gasteiger partial charge < -0.3 is 29.4 Å². The average molecular weight is 513 g/mol. The van der Waals surface area contributed by atoms with Crippen molar-refractivity contribution < 1.29 is 33.6 Å². The van der Waals surface area contributed by atoms with E-state index >= 15 is 0 Å². The number of para-hydroxylation sites is 1. The SMILES string of the molecule is CCOCCOC1C(C(=O)O)C(c2ccc3c(c2)OCO3)CN1CC(=O)Nc1c(CC)cccc1CC. The van der Waals surface area contributed by atoms with Gasteiger partial charge in [0.1, 0.15) is 12.1 Å². The van der Waals surface area contributed by atoms with Crippen LogP contribution >= 0.6 is 0 Å². The number of ether oxygens (including phenoxy) is 4. The second-order valence-corrected chi connectivity index (χ2v) is 9.18. The monoisotopic (exact) mass is 512 g/mol. The lowest BCUT2D eigenvalue weighted by Crippen LogP contribution is -2.42. The van der Waals surface area contributed by atoms with Crippen molar-refractivity contribution >= 4 is 17.6 Å². The molecule has 2 aliphatic rings. The standard InChI is InChI=1S/C28H36N2O7/c1-4-18-8-7-9-19(5-2)26(18)29-24(31)16-30-15-21(20-10-11-22-23(14-20)37-17-36-22)25(28(32)33)27(30)35-13-12-34-6-3/h7-11,14,21,25,27H,4-6,12-13,15-17H2,1-3H3,(H,29,31)(H,32,33). The molecular weight excluding hydrogens is 476 g/mol. The van der Waals surface area contributed by atoms with Crippen molar-refractivity contribution in [3.8, 4) is 11.5 Å². The second-order valence-electron chi connectivity index (χ2n) is 9.18. The molecule has 0 aromatic heterocycles. The molecule has 4 rings (SSSR count). The molecule has 2 N–H and O–H groups in total. The van der Waals surface area contributed by atoms with Crippen LogP contribution in [-0.2, 0) is 31.9 Å². The Morgan fingerprint density at radius 1 is 1.05 bits per heavy atom. The van der Waals surface area contributed by atoms with E-state index in [0.29, 0.717) is 31.3 Å². The molecule has 2 aliphatic heterocycles. The van der Waals surface area contributed by atoms with Crippen molar-refractivity contribution in [1.82, 2.24) is 4.90 Å². The van der Waals surface area contributed by atoms with Gasteiger partial charge in [0.2, 0.25) is 12.7 Å². The maximum atomic E-state index is 13.3. The largest absolute Gasteiger partial charge is 0.481 e. The molecule has 1 amide bonds. The first-order valence-corrected chi connectivity index (χ1v) is 12.9. The first-order valence-electron chi connectivity index (χ1n) is 12.9. The maximum Gasteiger partial charge on any atom is 0.311 e. The minimum atomic E-state index is -0.975. The number of carboxylic acids is 1. The van der Waals surface area contributed by atoms with Crippen LogP contribution in [0.2, 0.25) is 0 Å². The molecule has 2 aromatic carbocycles. The van der Waals surface area contributed by atoms with Crippen molar-refractivity contribution in [3.63, 3.8) is 0 Å². The summed E-state index contributed by atoms with van der Waals surface area (Å²) < 4.78 is 22.4. The highest BCUT2D eigenvalue weighted by atomic mass is 16.7.